The highest BCUT2D eigenvalue weighted by Gasteiger charge is 2.15. The highest BCUT2D eigenvalue weighted by atomic mass is 32.2. The highest BCUT2D eigenvalue weighted by molar-refractivity contribution is 7.98. The number of amides is 1. The molecule has 4 rings (SSSR count). The van der Waals surface area contributed by atoms with Crippen LogP contribution in [-0.4, -0.2) is 26.7 Å². The third-order valence-corrected chi connectivity index (χ3v) is 6.77. The van der Waals surface area contributed by atoms with E-state index in [0.29, 0.717) is 12.0 Å². The summed E-state index contributed by atoms with van der Waals surface area (Å²) in [6, 6.07) is 26.7. The lowest BCUT2D eigenvalue weighted by Crippen LogP contribution is -2.31. The third-order valence-electron chi connectivity index (χ3n) is 5.77. The number of carbonyl (C=O) groups excluding carboxylic acids is 1. The van der Waals surface area contributed by atoms with E-state index >= 15 is 0 Å². The Morgan fingerprint density at radius 1 is 0.941 bits per heavy atom. The maximum Gasteiger partial charge on any atom is 0.251 e. The second kappa shape index (κ2) is 11.2. The summed E-state index contributed by atoms with van der Waals surface area (Å²) < 4.78 is 2.14. The van der Waals surface area contributed by atoms with E-state index in [4.69, 9.17) is 0 Å². The number of nitrogens with one attached hydrogen (secondary N) is 1. The van der Waals surface area contributed by atoms with Crippen LogP contribution in [0.3, 0.4) is 0 Å². The fraction of sp³-hybridized carbons (Fsp3) is 0.250. The van der Waals surface area contributed by atoms with Crippen LogP contribution >= 0.6 is 11.8 Å². The first-order chi connectivity index (χ1) is 16.5. The molecule has 0 fully saturated rings. The van der Waals surface area contributed by atoms with Crippen LogP contribution in [-0.2, 0) is 12.2 Å². The van der Waals surface area contributed by atoms with Crippen LogP contribution < -0.4 is 5.32 Å². The van der Waals surface area contributed by atoms with Crippen molar-refractivity contribution in [3.63, 3.8) is 0 Å². The molecule has 0 saturated carbocycles. The molecule has 5 nitrogen and oxygen atoms in total. The Balaban J connectivity index is 1.52. The van der Waals surface area contributed by atoms with Gasteiger partial charge in [-0.25, -0.2) is 0 Å². The molecule has 3 aromatic carbocycles. The zero-order chi connectivity index (χ0) is 23.9. The third kappa shape index (κ3) is 5.94. The molecule has 0 bridgehead atoms. The molecule has 174 valence electrons. The van der Waals surface area contributed by atoms with E-state index < -0.39 is 0 Å². The molecule has 0 aliphatic heterocycles. The topological polar surface area (TPSA) is 59.8 Å². The SMILES string of the molecule is CCC(C)NC(=O)c1ccc(CSc2nnc(Cc3ccccc3)n2-c2ccc(C)cc2)cc1. The average Bonchev–Trinajstić information content (AvgIpc) is 3.26. The summed E-state index contributed by atoms with van der Waals surface area (Å²) in [5.74, 6) is 1.62. The molecule has 1 aromatic heterocycles. The fourth-order valence-electron chi connectivity index (χ4n) is 3.55. The summed E-state index contributed by atoms with van der Waals surface area (Å²) in [5.41, 5.74) is 5.29. The van der Waals surface area contributed by atoms with Gasteiger partial charge >= 0.3 is 0 Å². The first-order valence-corrected chi connectivity index (χ1v) is 12.6. The summed E-state index contributed by atoms with van der Waals surface area (Å²) >= 11 is 1.65. The number of nitrogens with zero attached hydrogens (tertiary/aromatic N) is 3. The lowest BCUT2D eigenvalue weighted by atomic mass is 10.1. The highest BCUT2D eigenvalue weighted by Crippen LogP contribution is 2.26. The molecule has 1 N–H and O–H groups in total. The van der Waals surface area contributed by atoms with E-state index in [-0.39, 0.29) is 11.9 Å². The van der Waals surface area contributed by atoms with Crippen LogP contribution in [0.15, 0.2) is 84.0 Å². The van der Waals surface area contributed by atoms with Crippen molar-refractivity contribution in [2.75, 3.05) is 0 Å². The van der Waals surface area contributed by atoms with Gasteiger partial charge in [0.2, 0.25) is 0 Å². The molecule has 1 unspecified atom stereocenters. The minimum atomic E-state index is -0.0294. The number of aromatic nitrogens is 3. The molecular weight excluding hydrogens is 440 g/mol. The summed E-state index contributed by atoms with van der Waals surface area (Å²) in [6.07, 6.45) is 1.62. The molecule has 0 radical (unpaired) electrons. The van der Waals surface area contributed by atoms with Crippen molar-refractivity contribution in [3.05, 3.63) is 107 Å². The van der Waals surface area contributed by atoms with Gasteiger partial charge in [0, 0.05) is 29.5 Å². The van der Waals surface area contributed by atoms with E-state index in [1.807, 2.05) is 49.4 Å². The van der Waals surface area contributed by atoms with Gasteiger partial charge in [0.05, 0.1) is 0 Å². The van der Waals surface area contributed by atoms with E-state index in [1.165, 1.54) is 11.1 Å². The number of thioether (sulfide) groups is 1. The number of rotatable bonds is 9. The average molecular weight is 471 g/mol. The molecule has 0 spiro atoms. The van der Waals surface area contributed by atoms with Crippen LogP contribution in [0.1, 0.15) is 53.1 Å². The van der Waals surface area contributed by atoms with Crippen molar-refractivity contribution < 1.29 is 4.79 Å². The number of benzene rings is 3. The van der Waals surface area contributed by atoms with Gasteiger partial charge in [-0.3, -0.25) is 9.36 Å². The normalized spacial score (nSPS) is 11.9. The number of hydrogen-bond acceptors (Lipinski definition) is 4. The maximum absolute atomic E-state index is 12.3. The van der Waals surface area contributed by atoms with Gasteiger partial charge in [-0.15, -0.1) is 10.2 Å². The maximum atomic E-state index is 12.3. The van der Waals surface area contributed by atoms with Crippen LogP contribution in [0.5, 0.6) is 0 Å². The van der Waals surface area contributed by atoms with E-state index in [9.17, 15) is 4.79 Å². The van der Waals surface area contributed by atoms with Gasteiger partial charge in [-0.05, 0) is 55.7 Å². The van der Waals surface area contributed by atoms with Gasteiger partial charge < -0.3 is 5.32 Å². The molecule has 1 atom stereocenters. The van der Waals surface area contributed by atoms with Crippen molar-refractivity contribution >= 4 is 17.7 Å². The van der Waals surface area contributed by atoms with Gasteiger partial charge in [0.15, 0.2) is 5.16 Å². The summed E-state index contributed by atoms with van der Waals surface area (Å²) in [6.45, 7) is 6.16. The van der Waals surface area contributed by atoms with Gasteiger partial charge in [0.25, 0.3) is 5.91 Å². The lowest BCUT2D eigenvalue weighted by molar-refractivity contribution is 0.0939. The van der Waals surface area contributed by atoms with Crippen molar-refractivity contribution in [2.45, 2.75) is 50.6 Å². The Morgan fingerprint density at radius 3 is 2.32 bits per heavy atom. The zero-order valence-corrected chi connectivity index (χ0v) is 20.7. The van der Waals surface area contributed by atoms with E-state index in [0.717, 1.165) is 34.4 Å². The zero-order valence-electron chi connectivity index (χ0n) is 19.9. The molecule has 1 heterocycles. The number of carbonyl (C=O) groups is 1. The second-order valence-corrected chi connectivity index (χ2v) is 9.44. The Labute approximate surface area is 205 Å². The Bertz CT molecular complexity index is 1220. The summed E-state index contributed by atoms with van der Waals surface area (Å²) in [5, 5.41) is 12.9. The molecular formula is C28H30N4OS. The monoisotopic (exact) mass is 470 g/mol. The fourth-order valence-corrected chi connectivity index (χ4v) is 4.48. The predicted molar refractivity (Wildman–Crippen MR) is 139 cm³/mol. The van der Waals surface area contributed by atoms with Crippen molar-refractivity contribution in [1.82, 2.24) is 20.1 Å². The molecule has 0 aliphatic carbocycles. The second-order valence-electron chi connectivity index (χ2n) is 8.50. The molecule has 34 heavy (non-hydrogen) atoms. The van der Waals surface area contributed by atoms with Crippen LogP contribution in [0.25, 0.3) is 5.69 Å². The Kier molecular flexibility index (Phi) is 7.80. The lowest BCUT2D eigenvalue weighted by Gasteiger charge is -2.12. The first kappa shape index (κ1) is 23.8. The quantitative estimate of drug-likeness (QED) is 0.305. The standard InChI is InChI=1S/C28H30N4OS/c1-4-21(3)29-27(33)24-14-12-23(13-15-24)19-34-28-31-30-26(18-22-8-6-5-7-9-22)32(28)25-16-10-20(2)11-17-25/h5-17,21H,4,18-19H2,1-3H3,(H,29,33). The minimum absolute atomic E-state index is 0.0294. The van der Waals surface area contributed by atoms with Gasteiger partial charge in [-0.1, -0.05) is 78.8 Å². The van der Waals surface area contributed by atoms with E-state index in [1.54, 1.807) is 11.8 Å². The van der Waals surface area contributed by atoms with Crippen LogP contribution in [0.2, 0.25) is 0 Å². The van der Waals surface area contributed by atoms with Crippen molar-refractivity contribution in [2.24, 2.45) is 0 Å². The summed E-state index contributed by atoms with van der Waals surface area (Å²) in [7, 11) is 0. The molecule has 0 aliphatic rings. The van der Waals surface area contributed by atoms with Crippen molar-refractivity contribution in [1.29, 1.82) is 0 Å². The largest absolute Gasteiger partial charge is 0.350 e. The van der Waals surface area contributed by atoms with E-state index in [2.05, 4.69) is 70.3 Å². The number of hydrogen-bond donors (Lipinski definition) is 1. The molecule has 1 amide bonds. The molecule has 4 aromatic rings. The molecule has 6 heteroatoms. The van der Waals surface area contributed by atoms with Crippen molar-refractivity contribution in [3.8, 4) is 5.69 Å². The summed E-state index contributed by atoms with van der Waals surface area (Å²) in [4.78, 5) is 12.3. The Hall–Kier alpha value is -3.38. The smallest absolute Gasteiger partial charge is 0.251 e. The predicted octanol–water partition coefficient (Wildman–Crippen LogP) is 5.99. The van der Waals surface area contributed by atoms with Gasteiger partial charge in [-0.2, -0.15) is 0 Å². The number of aryl methyl sites for hydroxylation is 1. The first-order valence-electron chi connectivity index (χ1n) is 11.6. The minimum Gasteiger partial charge on any atom is -0.350 e. The van der Waals surface area contributed by atoms with Crippen LogP contribution in [0.4, 0.5) is 0 Å². The van der Waals surface area contributed by atoms with Gasteiger partial charge in [0.1, 0.15) is 5.82 Å². The van der Waals surface area contributed by atoms with Crippen LogP contribution in [0, 0.1) is 6.92 Å². The Morgan fingerprint density at radius 2 is 1.65 bits per heavy atom. The molecule has 0 saturated heterocycles.